The van der Waals surface area contributed by atoms with E-state index in [-0.39, 0.29) is 18.1 Å². The number of hydrogen-bond donors (Lipinski definition) is 1. The average molecular weight is 349 g/mol. The van der Waals surface area contributed by atoms with Gasteiger partial charge in [-0.3, -0.25) is 4.79 Å². The number of hydrogen-bond acceptors (Lipinski definition) is 6. The molecule has 0 bridgehead atoms. The molecule has 0 spiro atoms. The van der Waals surface area contributed by atoms with E-state index in [1.807, 2.05) is 12.1 Å². The Kier molecular flexibility index (Phi) is 4.45. The number of methoxy groups -OCH3 is 1. The summed E-state index contributed by atoms with van der Waals surface area (Å²) in [5, 5.41) is 11.0. The van der Waals surface area contributed by atoms with Gasteiger partial charge >= 0.3 is 5.97 Å². The van der Waals surface area contributed by atoms with E-state index >= 15 is 0 Å². The standard InChI is InChI=1S/C16H13ClN2O3S/c1-22-14(21)8-11(9-2-4-10(17)5-3-9)15-13(20)7-6-12-16(15)19-23-18-12/h2-7,11,20H,8H2,1H3/t11-/m0/s1. The fourth-order valence-corrected chi connectivity index (χ4v) is 3.21. The molecule has 1 heterocycles. The van der Waals surface area contributed by atoms with E-state index in [1.54, 1.807) is 24.3 Å². The van der Waals surface area contributed by atoms with E-state index in [1.165, 1.54) is 7.11 Å². The number of fused-ring (bicyclic) bond motifs is 1. The van der Waals surface area contributed by atoms with Gasteiger partial charge in [0.15, 0.2) is 0 Å². The van der Waals surface area contributed by atoms with Gasteiger partial charge in [-0.2, -0.15) is 8.75 Å². The van der Waals surface area contributed by atoms with Crippen LogP contribution in [0.25, 0.3) is 11.0 Å². The number of benzene rings is 2. The normalized spacial score (nSPS) is 12.3. The predicted molar refractivity (Wildman–Crippen MR) is 89.0 cm³/mol. The Labute approximate surface area is 141 Å². The lowest BCUT2D eigenvalue weighted by atomic mass is 9.87. The van der Waals surface area contributed by atoms with Crippen molar-refractivity contribution in [3.63, 3.8) is 0 Å². The van der Waals surface area contributed by atoms with Crippen molar-refractivity contribution in [1.82, 2.24) is 8.75 Å². The van der Waals surface area contributed by atoms with Crippen LogP contribution in [-0.4, -0.2) is 26.9 Å². The topological polar surface area (TPSA) is 72.3 Å². The number of carbonyl (C=O) groups excluding carboxylic acids is 1. The van der Waals surface area contributed by atoms with Crippen LogP contribution in [0.1, 0.15) is 23.5 Å². The van der Waals surface area contributed by atoms with E-state index in [9.17, 15) is 9.90 Å². The maximum atomic E-state index is 11.9. The molecule has 0 aliphatic rings. The van der Waals surface area contributed by atoms with Gasteiger partial charge in [0.05, 0.1) is 25.3 Å². The second kappa shape index (κ2) is 6.52. The lowest BCUT2D eigenvalue weighted by molar-refractivity contribution is -0.140. The third-order valence-electron chi connectivity index (χ3n) is 3.66. The summed E-state index contributed by atoms with van der Waals surface area (Å²) in [6.07, 6.45) is 0.0856. The molecule has 0 saturated heterocycles. The van der Waals surface area contributed by atoms with Gasteiger partial charge in [-0.05, 0) is 29.8 Å². The van der Waals surface area contributed by atoms with Crippen LogP contribution in [-0.2, 0) is 9.53 Å². The van der Waals surface area contributed by atoms with Gasteiger partial charge in [0.2, 0.25) is 0 Å². The number of phenolic OH excluding ortho intramolecular Hbond substituents is 1. The van der Waals surface area contributed by atoms with Crippen LogP contribution in [0, 0.1) is 0 Å². The van der Waals surface area contributed by atoms with Crippen LogP contribution in [0.4, 0.5) is 0 Å². The molecule has 1 N–H and O–H groups in total. The highest BCUT2D eigenvalue weighted by Gasteiger charge is 2.25. The number of aromatic nitrogens is 2. The van der Waals surface area contributed by atoms with E-state index in [0.29, 0.717) is 21.6 Å². The number of nitrogens with zero attached hydrogens (tertiary/aromatic N) is 2. The molecule has 0 saturated carbocycles. The van der Waals surface area contributed by atoms with Crippen LogP contribution in [0.5, 0.6) is 5.75 Å². The monoisotopic (exact) mass is 348 g/mol. The van der Waals surface area contributed by atoms with Crippen molar-refractivity contribution in [3.05, 3.63) is 52.5 Å². The van der Waals surface area contributed by atoms with E-state index in [0.717, 1.165) is 17.3 Å². The minimum absolute atomic E-state index is 0.0778. The van der Waals surface area contributed by atoms with Gasteiger partial charge in [-0.1, -0.05) is 23.7 Å². The summed E-state index contributed by atoms with van der Waals surface area (Å²) in [5.41, 5.74) is 2.70. The summed E-state index contributed by atoms with van der Waals surface area (Å²) < 4.78 is 13.3. The van der Waals surface area contributed by atoms with Crippen molar-refractivity contribution < 1.29 is 14.6 Å². The summed E-state index contributed by atoms with van der Waals surface area (Å²) in [6, 6.07) is 10.4. The second-order valence-electron chi connectivity index (χ2n) is 5.01. The highest BCUT2D eigenvalue weighted by Crippen LogP contribution is 2.38. The van der Waals surface area contributed by atoms with Crippen molar-refractivity contribution >= 4 is 40.3 Å². The van der Waals surface area contributed by atoms with Crippen LogP contribution < -0.4 is 0 Å². The molecule has 3 rings (SSSR count). The van der Waals surface area contributed by atoms with Crippen LogP contribution in [0.3, 0.4) is 0 Å². The van der Waals surface area contributed by atoms with Crippen molar-refractivity contribution in [2.75, 3.05) is 7.11 Å². The van der Waals surface area contributed by atoms with E-state index in [4.69, 9.17) is 16.3 Å². The van der Waals surface area contributed by atoms with E-state index in [2.05, 4.69) is 8.75 Å². The molecule has 3 aromatic rings. The van der Waals surface area contributed by atoms with Gasteiger partial charge < -0.3 is 9.84 Å². The summed E-state index contributed by atoms with van der Waals surface area (Å²) >= 11 is 7.01. The summed E-state index contributed by atoms with van der Waals surface area (Å²) in [7, 11) is 1.34. The molecule has 23 heavy (non-hydrogen) atoms. The molecule has 5 nitrogen and oxygen atoms in total. The Hall–Kier alpha value is -2.18. The number of esters is 1. The number of carbonyl (C=O) groups is 1. The molecular formula is C16H13ClN2O3S. The third kappa shape index (κ3) is 3.13. The molecular weight excluding hydrogens is 336 g/mol. The molecule has 2 aromatic carbocycles. The number of aromatic hydroxyl groups is 1. The Bertz CT molecular complexity index is 848. The van der Waals surface area contributed by atoms with Crippen molar-refractivity contribution in [2.24, 2.45) is 0 Å². The molecule has 118 valence electrons. The molecule has 0 aliphatic heterocycles. The third-order valence-corrected chi connectivity index (χ3v) is 4.46. The molecule has 1 aromatic heterocycles. The molecule has 0 aliphatic carbocycles. The van der Waals surface area contributed by atoms with Crippen molar-refractivity contribution in [3.8, 4) is 5.75 Å². The Balaban J connectivity index is 2.17. The summed E-state index contributed by atoms with van der Waals surface area (Å²) in [5.74, 6) is -0.689. The minimum atomic E-state index is -0.396. The van der Waals surface area contributed by atoms with Gasteiger partial charge in [-0.15, -0.1) is 0 Å². The van der Waals surface area contributed by atoms with Crippen LogP contribution in [0.15, 0.2) is 36.4 Å². The molecule has 0 radical (unpaired) electrons. The van der Waals surface area contributed by atoms with Gasteiger partial charge in [-0.25, -0.2) is 0 Å². The van der Waals surface area contributed by atoms with Gasteiger partial charge in [0, 0.05) is 16.5 Å². The first kappa shape index (κ1) is 15.7. The first-order valence-corrected chi connectivity index (χ1v) is 7.97. The van der Waals surface area contributed by atoms with Crippen LogP contribution in [0.2, 0.25) is 5.02 Å². The van der Waals surface area contributed by atoms with Crippen molar-refractivity contribution in [1.29, 1.82) is 0 Å². The first-order chi connectivity index (χ1) is 11.1. The minimum Gasteiger partial charge on any atom is -0.508 e. The molecule has 7 heteroatoms. The zero-order valence-corrected chi connectivity index (χ0v) is 13.8. The zero-order chi connectivity index (χ0) is 16.4. The van der Waals surface area contributed by atoms with Crippen LogP contribution >= 0.6 is 23.3 Å². The fraction of sp³-hybridized carbons (Fsp3) is 0.188. The maximum absolute atomic E-state index is 11.9. The molecule has 1 atom stereocenters. The van der Waals surface area contributed by atoms with Crippen molar-refractivity contribution in [2.45, 2.75) is 12.3 Å². The van der Waals surface area contributed by atoms with E-state index < -0.39 is 5.92 Å². The Morgan fingerprint density at radius 3 is 2.70 bits per heavy atom. The van der Waals surface area contributed by atoms with Gasteiger partial charge in [0.25, 0.3) is 0 Å². The highest BCUT2D eigenvalue weighted by molar-refractivity contribution is 7.00. The largest absolute Gasteiger partial charge is 0.508 e. The Morgan fingerprint density at radius 1 is 1.26 bits per heavy atom. The number of halogens is 1. The lowest BCUT2D eigenvalue weighted by Crippen LogP contribution is -2.11. The summed E-state index contributed by atoms with van der Waals surface area (Å²) in [4.78, 5) is 11.9. The zero-order valence-electron chi connectivity index (χ0n) is 12.2. The quantitative estimate of drug-likeness (QED) is 0.727. The maximum Gasteiger partial charge on any atom is 0.306 e. The first-order valence-electron chi connectivity index (χ1n) is 6.86. The molecule has 0 amide bonds. The summed E-state index contributed by atoms with van der Waals surface area (Å²) in [6.45, 7) is 0. The number of ether oxygens (including phenoxy) is 1. The number of phenols is 1. The number of rotatable bonds is 4. The van der Waals surface area contributed by atoms with Gasteiger partial charge in [0.1, 0.15) is 16.8 Å². The predicted octanol–water partition coefficient (Wildman–Crippen LogP) is 3.75. The fourth-order valence-electron chi connectivity index (χ4n) is 2.54. The lowest BCUT2D eigenvalue weighted by Gasteiger charge is -2.18. The second-order valence-corrected chi connectivity index (χ2v) is 5.98. The molecule has 0 unspecified atom stereocenters. The average Bonchev–Trinajstić information content (AvgIpc) is 3.02. The highest BCUT2D eigenvalue weighted by atomic mass is 35.5. The molecule has 0 fully saturated rings. The smallest absolute Gasteiger partial charge is 0.306 e. The SMILES string of the molecule is COC(=O)C[C@@H](c1ccc(Cl)cc1)c1c(O)ccc2nsnc12. The Morgan fingerprint density at radius 2 is 2.00 bits per heavy atom.